The minimum Gasteiger partial charge on any atom is -0.457 e. The van der Waals surface area contributed by atoms with Crippen LogP contribution in [0.4, 0.5) is 17.6 Å². The zero-order valence-corrected chi connectivity index (χ0v) is 15.4. The summed E-state index contributed by atoms with van der Waals surface area (Å²) in [6, 6.07) is 6.57. The molecule has 1 aliphatic carbocycles. The van der Waals surface area contributed by atoms with E-state index in [2.05, 4.69) is 4.36 Å². The van der Waals surface area contributed by atoms with Crippen molar-refractivity contribution in [1.82, 2.24) is 0 Å². The van der Waals surface area contributed by atoms with Gasteiger partial charge in [0.15, 0.2) is 6.17 Å². The molecule has 0 bridgehead atoms. The number of nitrogens with zero attached hydrogens (tertiary/aromatic N) is 3. The first-order valence-electron chi connectivity index (χ1n) is 7.88. The molecule has 11 heteroatoms. The summed E-state index contributed by atoms with van der Waals surface area (Å²) in [4.78, 5) is -0.439. The van der Waals surface area contributed by atoms with Crippen molar-refractivity contribution in [2.75, 3.05) is 6.26 Å². The molecule has 0 unspecified atom stereocenters. The lowest BCUT2D eigenvalue weighted by atomic mass is 10.1. The minimum atomic E-state index is -4.27. The van der Waals surface area contributed by atoms with Gasteiger partial charge in [-0.1, -0.05) is 0 Å². The van der Waals surface area contributed by atoms with Crippen LogP contribution >= 0.6 is 0 Å². The molecule has 0 fully saturated rings. The van der Waals surface area contributed by atoms with Crippen LogP contribution in [0.3, 0.4) is 0 Å². The smallest absolute Gasteiger partial charge is 0.312 e. The Hall–Kier alpha value is -3.15. The second kappa shape index (κ2) is 7.03. The van der Waals surface area contributed by atoms with Crippen molar-refractivity contribution in [3.63, 3.8) is 0 Å². The number of aliphatic hydroxyl groups excluding tert-OH is 1. The first kappa shape index (κ1) is 20.6. The van der Waals surface area contributed by atoms with Crippen LogP contribution in [0.1, 0.15) is 29.0 Å². The first-order valence-corrected chi connectivity index (χ1v) is 9.80. The summed E-state index contributed by atoms with van der Waals surface area (Å²) in [5.74, 6) is -5.88. The van der Waals surface area contributed by atoms with E-state index in [4.69, 9.17) is 15.3 Å². The van der Waals surface area contributed by atoms with E-state index in [0.717, 1.165) is 36.6 Å². The Morgan fingerprint density at radius 3 is 2.55 bits per heavy atom. The van der Waals surface area contributed by atoms with Crippen molar-refractivity contribution in [3.8, 4) is 23.8 Å². The summed E-state index contributed by atoms with van der Waals surface area (Å²) in [7, 11) is -3.55. The van der Waals surface area contributed by atoms with Crippen molar-refractivity contribution in [2.45, 2.75) is 23.1 Å². The summed E-state index contributed by atoms with van der Waals surface area (Å²) in [6.07, 6.45) is -3.41. The third kappa shape index (κ3) is 3.39. The topological polar surface area (TPSA) is 106 Å². The van der Waals surface area contributed by atoms with Gasteiger partial charge in [0, 0.05) is 23.4 Å². The molecule has 0 aliphatic heterocycles. The van der Waals surface area contributed by atoms with Crippen LogP contribution in [0, 0.1) is 28.6 Å². The van der Waals surface area contributed by atoms with E-state index < -0.39 is 55.5 Å². The molecule has 6 nitrogen and oxygen atoms in total. The van der Waals surface area contributed by atoms with E-state index in [-0.39, 0.29) is 11.3 Å². The van der Waals surface area contributed by atoms with Gasteiger partial charge in [-0.25, -0.2) is 13.0 Å². The molecule has 0 amide bonds. The van der Waals surface area contributed by atoms with E-state index in [1.54, 1.807) is 6.07 Å². The highest BCUT2D eigenvalue weighted by atomic mass is 32.2. The maximum atomic E-state index is 14.6. The Bertz CT molecular complexity index is 1210. The zero-order chi connectivity index (χ0) is 21.6. The number of benzene rings is 2. The lowest BCUT2D eigenvalue weighted by molar-refractivity contribution is -0.143. The molecule has 3 rings (SSSR count). The van der Waals surface area contributed by atoms with E-state index in [1.165, 1.54) is 6.19 Å². The molecule has 1 N–H and O–H groups in total. The zero-order valence-electron chi connectivity index (χ0n) is 14.6. The maximum absolute atomic E-state index is 14.6. The summed E-state index contributed by atoms with van der Waals surface area (Å²) < 4.78 is 77.7. The summed E-state index contributed by atoms with van der Waals surface area (Å²) in [5.41, 5.74) is -1.62. The largest absolute Gasteiger partial charge is 0.457 e. The number of nitriles is 2. The molecule has 1 aliphatic rings. The van der Waals surface area contributed by atoms with Gasteiger partial charge in [0.25, 0.3) is 0 Å². The molecule has 2 aromatic carbocycles. The average molecular weight is 425 g/mol. The highest BCUT2D eigenvalue weighted by Gasteiger charge is 2.58. The molecule has 150 valence electrons. The van der Waals surface area contributed by atoms with Crippen molar-refractivity contribution in [3.05, 3.63) is 52.8 Å². The lowest BCUT2D eigenvalue weighted by Gasteiger charge is -2.16. The van der Waals surface area contributed by atoms with Crippen LogP contribution in [0.2, 0.25) is 0 Å². The molecule has 0 heterocycles. The van der Waals surface area contributed by atoms with Crippen LogP contribution in [0.25, 0.3) is 0 Å². The Balaban J connectivity index is 2.25. The highest BCUT2D eigenvalue weighted by Crippen LogP contribution is 2.57. The molecule has 29 heavy (non-hydrogen) atoms. The van der Waals surface area contributed by atoms with Gasteiger partial charge in [-0.3, -0.25) is 0 Å². The number of rotatable bonds is 3. The Kier molecular flexibility index (Phi) is 4.99. The van der Waals surface area contributed by atoms with Crippen LogP contribution in [0.5, 0.6) is 11.5 Å². The fourth-order valence-electron chi connectivity index (χ4n) is 3.02. The van der Waals surface area contributed by atoms with Gasteiger partial charge >= 0.3 is 5.92 Å². The molecule has 2 aromatic rings. The number of hydrogen-bond acceptors (Lipinski definition) is 6. The summed E-state index contributed by atoms with van der Waals surface area (Å²) in [6.45, 7) is 0. The molecule has 0 saturated carbocycles. The van der Waals surface area contributed by atoms with Crippen molar-refractivity contribution < 1.29 is 31.6 Å². The number of hydrogen-bond donors (Lipinski definition) is 1. The van der Waals surface area contributed by atoms with Gasteiger partial charge < -0.3 is 9.84 Å². The quantitative estimate of drug-likeness (QED) is 0.588. The van der Waals surface area contributed by atoms with Gasteiger partial charge in [0.1, 0.15) is 23.4 Å². The summed E-state index contributed by atoms with van der Waals surface area (Å²) >= 11 is 0. The third-order valence-corrected chi connectivity index (χ3v) is 5.89. The van der Waals surface area contributed by atoms with Crippen molar-refractivity contribution in [1.29, 1.82) is 10.5 Å². The van der Waals surface area contributed by atoms with E-state index in [1.807, 2.05) is 0 Å². The first-order chi connectivity index (χ1) is 13.5. The molecule has 3 atom stereocenters. The Labute approximate surface area is 162 Å². The van der Waals surface area contributed by atoms with Crippen LogP contribution < -0.4 is 4.74 Å². The number of aliphatic hydroxyl groups is 1. The summed E-state index contributed by atoms with van der Waals surface area (Å²) in [5, 5.41) is 27.6. The highest BCUT2D eigenvalue weighted by molar-refractivity contribution is 7.93. The second-order valence-electron chi connectivity index (χ2n) is 6.21. The molecule has 0 aromatic heterocycles. The fourth-order valence-corrected chi connectivity index (χ4v) is 4.23. The van der Waals surface area contributed by atoms with E-state index in [0.29, 0.717) is 0 Å². The van der Waals surface area contributed by atoms with Gasteiger partial charge in [0.2, 0.25) is 6.19 Å². The minimum absolute atomic E-state index is 0.125. The molecule has 0 spiro atoms. The molecular weight excluding hydrogens is 414 g/mol. The van der Waals surface area contributed by atoms with Gasteiger partial charge in [-0.15, -0.1) is 4.36 Å². The fraction of sp³-hybridized carbons (Fsp3) is 0.222. The van der Waals surface area contributed by atoms with E-state index >= 15 is 0 Å². The van der Waals surface area contributed by atoms with Crippen molar-refractivity contribution in [2.24, 2.45) is 4.36 Å². The molecule has 0 radical (unpaired) electrons. The molecular formula is C18H11F4N3O3S. The predicted molar refractivity (Wildman–Crippen MR) is 91.8 cm³/mol. The third-order valence-electron chi connectivity index (χ3n) is 4.29. The molecule has 0 saturated heterocycles. The van der Waals surface area contributed by atoms with Crippen LogP contribution in [-0.4, -0.2) is 21.5 Å². The number of fused-ring (bicyclic) bond motifs is 1. The number of halogens is 4. The number of alkyl halides is 3. The van der Waals surface area contributed by atoms with Gasteiger partial charge in [0.05, 0.1) is 26.3 Å². The van der Waals surface area contributed by atoms with E-state index in [9.17, 15) is 26.9 Å². The maximum Gasteiger partial charge on any atom is 0.312 e. The van der Waals surface area contributed by atoms with Crippen LogP contribution in [-0.2, 0) is 9.73 Å². The predicted octanol–water partition coefficient (Wildman–Crippen LogP) is 4.12. The Morgan fingerprint density at radius 1 is 1.24 bits per heavy atom. The standard InChI is InChI=1S/C18H11F4N3O3S/c1-29(27,25-8-24)13-3-2-12(14-15(13)17(26)18(21,22)16(14)20)28-11-5-9(7-23)4-10(19)6-11/h2-6,16-17,26H,1H3/t16-,17+,29-/m1/s1. The van der Waals surface area contributed by atoms with Gasteiger partial charge in [-0.05, 0) is 24.3 Å². The van der Waals surface area contributed by atoms with Gasteiger partial charge in [-0.2, -0.15) is 19.3 Å². The normalized spacial score (nSPS) is 21.4. The second-order valence-corrected chi connectivity index (χ2v) is 8.44. The SMILES string of the molecule is C[S@](=O)(=NC#N)c1ccc(Oc2cc(F)cc(C#N)c2)c2c1[C@H](O)C(F)(F)[C@@H]2F. The number of ether oxygens (including phenoxy) is 1. The van der Waals surface area contributed by atoms with Crippen LogP contribution in [0.15, 0.2) is 39.6 Å². The van der Waals surface area contributed by atoms with Crippen molar-refractivity contribution >= 4 is 9.73 Å². The monoisotopic (exact) mass is 425 g/mol. The average Bonchev–Trinajstić information content (AvgIpc) is 2.82. The Morgan fingerprint density at radius 2 is 1.93 bits per heavy atom. The lowest BCUT2D eigenvalue weighted by Crippen LogP contribution is -2.24.